The van der Waals surface area contributed by atoms with Crippen LogP contribution in [0.5, 0.6) is 28.7 Å². The second-order valence-corrected chi connectivity index (χ2v) is 13.6. The van der Waals surface area contributed by atoms with Gasteiger partial charge >= 0.3 is 0 Å². The number of ether oxygens (including phenoxy) is 4. The predicted molar refractivity (Wildman–Crippen MR) is 178 cm³/mol. The molecular weight excluding hydrogens is 624 g/mol. The topological polar surface area (TPSA) is 125 Å². The highest BCUT2D eigenvalue weighted by Crippen LogP contribution is 2.59. The molecule has 2 bridgehead atoms. The van der Waals surface area contributed by atoms with Crippen molar-refractivity contribution in [3.63, 3.8) is 0 Å². The molecule has 11 nitrogen and oxygen atoms in total. The number of piperazine rings is 1. The summed E-state index contributed by atoms with van der Waals surface area (Å²) in [5.41, 5.74) is 4.64. The maximum absolute atomic E-state index is 13.9. The van der Waals surface area contributed by atoms with Crippen molar-refractivity contribution in [1.29, 1.82) is 5.26 Å². The Balaban J connectivity index is 1.39. The normalized spacial score (nSPS) is 25.1. The highest BCUT2D eigenvalue weighted by molar-refractivity contribution is 6.21. The molecule has 0 spiro atoms. The number of hydrogen-bond donors (Lipinski definition) is 1. The molecule has 3 aromatic rings. The molecule has 9 rings (SSSR count). The summed E-state index contributed by atoms with van der Waals surface area (Å²) in [6.07, 6.45) is 3.11. The zero-order valence-electron chi connectivity index (χ0n) is 28.0. The summed E-state index contributed by atoms with van der Waals surface area (Å²) in [5, 5.41) is 23.1. The van der Waals surface area contributed by atoms with Crippen LogP contribution in [-0.4, -0.2) is 83.8 Å². The van der Waals surface area contributed by atoms with Gasteiger partial charge in [-0.15, -0.1) is 0 Å². The molecule has 3 aromatic carbocycles. The van der Waals surface area contributed by atoms with E-state index in [4.69, 9.17) is 18.9 Å². The van der Waals surface area contributed by atoms with Crippen LogP contribution in [0.15, 0.2) is 43.0 Å². The van der Waals surface area contributed by atoms with Gasteiger partial charge in [-0.25, -0.2) is 0 Å². The fourth-order valence-electron chi connectivity index (χ4n) is 9.21. The van der Waals surface area contributed by atoms with Crippen LogP contribution in [0.25, 0.3) is 0 Å². The van der Waals surface area contributed by atoms with Crippen molar-refractivity contribution in [1.82, 2.24) is 14.7 Å². The Hall–Kier alpha value is -5.05. The molecule has 4 atom stereocenters. The Morgan fingerprint density at radius 2 is 1.84 bits per heavy atom. The largest absolute Gasteiger partial charge is 0.504 e. The van der Waals surface area contributed by atoms with Gasteiger partial charge in [-0.1, -0.05) is 30.9 Å². The number of rotatable bonds is 6. The standard InChI is InChI=1S/C38H38N4O7/c1-6-13-47-33-21(3)34-35(49-19-48-34)29-25(33)15-26-30-28-22(14-20(2)32(46-5)31(28)43)11-12-38(17-39,18-40(30)4)42(26)27(29)16-41-36(44)23-9-7-8-10-24(23)37(41)45/h6-10,14,26-27,30,43H,1,11-13,15-16,18-19H2,2-5H3/t26?,27-,30-,38+/m0/s1. The third kappa shape index (κ3) is 4.26. The van der Waals surface area contributed by atoms with Gasteiger partial charge in [0.1, 0.15) is 17.9 Å². The predicted octanol–water partition coefficient (Wildman–Crippen LogP) is 4.77. The fourth-order valence-corrected chi connectivity index (χ4v) is 9.21. The Morgan fingerprint density at radius 1 is 1.12 bits per heavy atom. The highest BCUT2D eigenvalue weighted by Gasteiger charge is 2.59. The number of aromatic hydroxyl groups is 1. The van der Waals surface area contributed by atoms with E-state index < -0.39 is 11.6 Å². The van der Waals surface area contributed by atoms with Crippen molar-refractivity contribution in [3.8, 4) is 34.8 Å². The molecule has 6 aliphatic heterocycles. The number of imide groups is 1. The van der Waals surface area contributed by atoms with Gasteiger partial charge < -0.3 is 24.1 Å². The molecule has 0 radical (unpaired) electrons. The van der Waals surface area contributed by atoms with Crippen LogP contribution in [-0.2, 0) is 12.8 Å². The second kappa shape index (κ2) is 11.3. The highest BCUT2D eigenvalue weighted by atomic mass is 16.7. The summed E-state index contributed by atoms with van der Waals surface area (Å²) in [4.78, 5) is 33.5. The minimum absolute atomic E-state index is 0.00579. The van der Waals surface area contributed by atoms with E-state index in [9.17, 15) is 20.0 Å². The first kappa shape index (κ1) is 31.2. The summed E-state index contributed by atoms with van der Waals surface area (Å²) in [7, 11) is 3.54. The van der Waals surface area contributed by atoms with Gasteiger partial charge in [-0.05, 0) is 63.4 Å². The fraction of sp³-hybridized carbons (Fsp3) is 0.395. The molecule has 0 saturated carbocycles. The van der Waals surface area contributed by atoms with E-state index in [1.807, 2.05) is 20.9 Å². The van der Waals surface area contributed by atoms with Crippen molar-refractivity contribution < 1.29 is 33.6 Å². The lowest BCUT2D eigenvalue weighted by Gasteiger charge is -2.61. The Morgan fingerprint density at radius 3 is 2.51 bits per heavy atom. The third-order valence-corrected chi connectivity index (χ3v) is 11.1. The first-order chi connectivity index (χ1) is 23.7. The lowest BCUT2D eigenvalue weighted by Crippen LogP contribution is -2.70. The van der Waals surface area contributed by atoms with Crippen molar-refractivity contribution in [2.45, 2.75) is 56.8 Å². The Kier molecular flexibility index (Phi) is 7.17. The first-order valence-corrected chi connectivity index (χ1v) is 16.6. The first-order valence-electron chi connectivity index (χ1n) is 16.6. The SMILES string of the molecule is C=CCOc1c(C)c2c(c3c1CC1[C@H]4c5c(cc(C)c(OC)c5O)CC[C@@](C#N)(CN4C)N1[C@H]3CN1C(=O)c3ccccc3C1=O)OCO2. The van der Waals surface area contributed by atoms with Gasteiger partial charge in [0.05, 0.1) is 36.4 Å². The zero-order valence-corrected chi connectivity index (χ0v) is 28.0. The molecule has 6 aliphatic rings. The molecule has 0 aliphatic carbocycles. The number of carbonyl (C=O) groups is 2. The van der Waals surface area contributed by atoms with Crippen LogP contribution in [0.1, 0.15) is 72.6 Å². The van der Waals surface area contributed by atoms with E-state index >= 15 is 0 Å². The number of nitrogens with zero attached hydrogens (tertiary/aromatic N) is 4. The number of likely N-dealkylation sites (N-methyl/N-ethyl adjacent to an activating group) is 1. The Labute approximate surface area is 284 Å². The summed E-state index contributed by atoms with van der Waals surface area (Å²) >= 11 is 0. The number of fused-ring (bicyclic) bond motifs is 6. The third-order valence-electron chi connectivity index (χ3n) is 11.1. The number of amides is 2. The average Bonchev–Trinajstić information content (AvgIpc) is 3.67. The van der Waals surface area contributed by atoms with Crippen molar-refractivity contribution in [2.75, 3.05) is 40.6 Å². The van der Waals surface area contributed by atoms with Crippen molar-refractivity contribution in [2.24, 2.45) is 0 Å². The number of benzene rings is 3. The number of carbonyl (C=O) groups excluding carboxylic acids is 2. The molecular formula is C38H38N4O7. The molecule has 6 heterocycles. The van der Waals surface area contributed by atoms with E-state index in [2.05, 4.69) is 28.5 Å². The Bertz CT molecular complexity index is 1970. The average molecular weight is 663 g/mol. The minimum Gasteiger partial charge on any atom is -0.504 e. The van der Waals surface area contributed by atoms with Gasteiger partial charge in [0, 0.05) is 41.4 Å². The number of aryl methyl sites for hydroxylation is 2. The van der Waals surface area contributed by atoms with E-state index in [1.54, 1.807) is 37.5 Å². The van der Waals surface area contributed by atoms with Gasteiger partial charge in [0.2, 0.25) is 6.79 Å². The van der Waals surface area contributed by atoms with E-state index in [-0.39, 0.29) is 49.6 Å². The molecule has 0 aromatic heterocycles. The zero-order chi connectivity index (χ0) is 34.4. The molecule has 1 saturated heterocycles. The van der Waals surface area contributed by atoms with Crippen molar-refractivity contribution >= 4 is 11.8 Å². The van der Waals surface area contributed by atoms with Gasteiger partial charge in [-0.2, -0.15) is 5.26 Å². The molecule has 1 N–H and O–H groups in total. The van der Waals surface area contributed by atoms with Crippen molar-refractivity contribution in [3.05, 3.63) is 87.5 Å². The summed E-state index contributed by atoms with van der Waals surface area (Å²) in [5.74, 6) is 1.47. The van der Waals surface area contributed by atoms with Crippen LogP contribution < -0.4 is 18.9 Å². The van der Waals surface area contributed by atoms with Gasteiger partial charge in [0.15, 0.2) is 23.0 Å². The molecule has 11 heteroatoms. The van der Waals surface area contributed by atoms with Gasteiger partial charge in [-0.3, -0.25) is 24.3 Å². The van der Waals surface area contributed by atoms with Crippen LogP contribution in [0.4, 0.5) is 0 Å². The number of hydrogen-bond acceptors (Lipinski definition) is 10. The lowest BCUT2D eigenvalue weighted by molar-refractivity contribution is -0.0902. The smallest absolute Gasteiger partial charge is 0.261 e. The maximum Gasteiger partial charge on any atom is 0.261 e. The monoisotopic (exact) mass is 662 g/mol. The number of methoxy groups -OCH3 is 1. The molecule has 49 heavy (non-hydrogen) atoms. The minimum atomic E-state index is -1.02. The van der Waals surface area contributed by atoms with E-state index in [0.29, 0.717) is 59.9 Å². The van der Waals surface area contributed by atoms with Gasteiger partial charge in [0.25, 0.3) is 11.8 Å². The van der Waals surface area contributed by atoms with Crippen LogP contribution >= 0.6 is 0 Å². The second-order valence-electron chi connectivity index (χ2n) is 13.6. The molecule has 252 valence electrons. The lowest BCUT2D eigenvalue weighted by atomic mass is 9.70. The van der Waals surface area contributed by atoms with Crippen LogP contribution in [0.3, 0.4) is 0 Å². The number of nitriles is 1. The number of phenols is 1. The molecule has 2 amide bonds. The number of phenolic OH excluding ortho intramolecular Hbond substituents is 1. The summed E-state index contributed by atoms with van der Waals surface area (Å²) in [6.45, 7) is 8.31. The van der Waals surface area contributed by atoms with Crippen LogP contribution in [0, 0.1) is 25.2 Å². The summed E-state index contributed by atoms with van der Waals surface area (Å²) in [6, 6.07) is 10.2. The van der Waals surface area contributed by atoms with E-state index in [1.165, 1.54) is 4.90 Å². The van der Waals surface area contributed by atoms with E-state index in [0.717, 1.165) is 33.4 Å². The van der Waals surface area contributed by atoms with Crippen LogP contribution in [0.2, 0.25) is 0 Å². The molecule has 1 fully saturated rings. The quantitative estimate of drug-likeness (QED) is 0.292. The maximum atomic E-state index is 13.9. The summed E-state index contributed by atoms with van der Waals surface area (Å²) < 4.78 is 24.3. The molecule has 1 unspecified atom stereocenters.